The van der Waals surface area contributed by atoms with E-state index in [1.165, 1.54) is 0 Å². The summed E-state index contributed by atoms with van der Waals surface area (Å²) in [5.41, 5.74) is 8.19. The van der Waals surface area contributed by atoms with Crippen molar-refractivity contribution >= 4 is 5.91 Å². The topological polar surface area (TPSA) is 99.0 Å². The summed E-state index contributed by atoms with van der Waals surface area (Å²) < 4.78 is 6.64. The number of carbonyl (C=O) groups is 1. The van der Waals surface area contributed by atoms with Gasteiger partial charge in [-0.25, -0.2) is 0 Å². The highest BCUT2D eigenvalue weighted by molar-refractivity contribution is 5.82. The molecule has 7 heteroatoms. The third kappa shape index (κ3) is 2.82. The molecule has 19 heavy (non-hydrogen) atoms. The fraction of sp³-hybridized carbons (Fsp3) is 0.417. The van der Waals surface area contributed by atoms with Crippen LogP contribution in [0.25, 0.3) is 0 Å². The molecule has 0 aliphatic heterocycles. The summed E-state index contributed by atoms with van der Waals surface area (Å²) in [4.78, 5) is 11.9. The smallest absolute Gasteiger partial charge is 0.241 e. The molecule has 3 N–H and O–H groups in total. The van der Waals surface area contributed by atoms with Gasteiger partial charge in [-0.15, -0.1) is 0 Å². The Morgan fingerprint density at radius 1 is 1.58 bits per heavy atom. The second-order valence-electron chi connectivity index (χ2n) is 4.45. The van der Waals surface area contributed by atoms with E-state index in [-0.39, 0.29) is 5.91 Å². The first-order valence-electron chi connectivity index (χ1n) is 5.92. The number of aromatic nitrogens is 3. The summed E-state index contributed by atoms with van der Waals surface area (Å²) >= 11 is 0. The Labute approximate surface area is 110 Å². The largest absolute Gasteiger partial charge is 0.361 e. The number of aryl methyl sites for hydroxylation is 3. The minimum Gasteiger partial charge on any atom is -0.361 e. The molecule has 102 valence electrons. The van der Waals surface area contributed by atoms with Crippen LogP contribution in [0.15, 0.2) is 16.9 Å². The third-order valence-electron chi connectivity index (χ3n) is 2.99. The van der Waals surface area contributed by atoms with Gasteiger partial charge in [0.15, 0.2) is 0 Å². The Bertz CT molecular complexity index is 567. The molecule has 0 aromatic carbocycles. The molecule has 0 aliphatic rings. The number of hydrogen-bond acceptors (Lipinski definition) is 5. The van der Waals surface area contributed by atoms with Gasteiger partial charge in [0.25, 0.3) is 0 Å². The second kappa shape index (κ2) is 5.23. The van der Waals surface area contributed by atoms with Crippen LogP contribution in [0.4, 0.5) is 0 Å². The van der Waals surface area contributed by atoms with Gasteiger partial charge in [0, 0.05) is 30.9 Å². The molecular weight excluding hydrogens is 246 g/mol. The van der Waals surface area contributed by atoms with E-state index < -0.39 is 6.04 Å². The lowest BCUT2D eigenvalue weighted by atomic mass is 10.1. The minimum atomic E-state index is -0.728. The van der Waals surface area contributed by atoms with Crippen molar-refractivity contribution in [3.63, 3.8) is 0 Å². The van der Waals surface area contributed by atoms with Crippen LogP contribution in [0.2, 0.25) is 0 Å². The zero-order valence-electron chi connectivity index (χ0n) is 11.2. The van der Waals surface area contributed by atoms with Crippen molar-refractivity contribution in [2.24, 2.45) is 12.8 Å². The maximum atomic E-state index is 11.9. The Balaban J connectivity index is 1.98. The lowest BCUT2D eigenvalue weighted by molar-refractivity contribution is -0.122. The van der Waals surface area contributed by atoms with Crippen LogP contribution in [0.3, 0.4) is 0 Å². The van der Waals surface area contributed by atoms with E-state index in [4.69, 9.17) is 10.3 Å². The van der Waals surface area contributed by atoms with Crippen LogP contribution in [0.5, 0.6) is 0 Å². The third-order valence-corrected chi connectivity index (χ3v) is 2.99. The van der Waals surface area contributed by atoms with Crippen LogP contribution in [-0.4, -0.2) is 20.8 Å². The standard InChI is InChI=1S/C12H17N5O2/c1-7-10(8(2)19-16-7)5-14-12(18)11(13)9-4-15-17(3)6-9/h4,6,11H,5,13H2,1-3H3,(H,14,18). The zero-order valence-corrected chi connectivity index (χ0v) is 11.2. The molecule has 0 saturated heterocycles. The quantitative estimate of drug-likeness (QED) is 0.828. The first-order chi connectivity index (χ1) is 8.99. The molecule has 0 bridgehead atoms. The van der Waals surface area contributed by atoms with Crippen LogP contribution in [0.1, 0.15) is 28.6 Å². The molecule has 0 aliphatic carbocycles. The van der Waals surface area contributed by atoms with Crippen LogP contribution in [0, 0.1) is 13.8 Å². The molecule has 0 spiro atoms. The average molecular weight is 263 g/mol. The summed E-state index contributed by atoms with van der Waals surface area (Å²) in [6, 6.07) is -0.728. The van der Waals surface area contributed by atoms with Crippen LogP contribution >= 0.6 is 0 Å². The molecular formula is C12H17N5O2. The van der Waals surface area contributed by atoms with Crippen molar-refractivity contribution in [1.29, 1.82) is 0 Å². The van der Waals surface area contributed by atoms with Crippen LogP contribution in [-0.2, 0) is 18.4 Å². The van der Waals surface area contributed by atoms with Gasteiger partial charge in [0.2, 0.25) is 5.91 Å². The number of amides is 1. The van der Waals surface area contributed by atoms with Crippen molar-refractivity contribution in [1.82, 2.24) is 20.3 Å². The molecule has 0 radical (unpaired) electrons. The maximum Gasteiger partial charge on any atom is 0.241 e. The number of hydrogen-bond donors (Lipinski definition) is 2. The summed E-state index contributed by atoms with van der Waals surface area (Å²) in [5.74, 6) is 0.445. The molecule has 2 rings (SSSR count). The monoisotopic (exact) mass is 263 g/mol. The molecule has 1 atom stereocenters. The van der Waals surface area contributed by atoms with E-state index in [0.29, 0.717) is 17.9 Å². The van der Waals surface area contributed by atoms with Crippen molar-refractivity contribution in [2.45, 2.75) is 26.4 Å². The normalized spacial score (nSPS) is 12.4. The highest BCUT2D eigenvalue weighted by Gasteiger charge is 2.18. The number of rotatable bonds is 4. The molecule has 2 aromatic rings. The first-order valence-corrected chi connectivity index (χ1v) is 5.92. The summed E-state index contributed by atoms with van der Waals surface area (Å²) in [5, 5.41) is 10.6. The highest BCUT2D eigenvalue weighted by Crippen LogP contribution is 2.13. The molecule has 0 saturated carbocycles. The van der Waals surface area contributed by atoms with E-state index >= 15 is 0 Å². The summed E-state index contributed by atoms with van der Waals surface area (Å²) in [6.45, 7) is 4.00. The van der Waals surface area contributed by atoms with Gasteiger partial charge in [0.1, 0.15) is 11.8 Å². The highest BCUT2D eigenvalue weighted by atomic mass is 16.5. The predicted octanol–water partition coefficient (Wildman–Crippen LogP) is 0.341. The molecule has 7 nitrogen and oxygen atoms in total. The zero-order chi connectivity index (χ0) is 14.0. The maximum absolute atomic E-state index is 11.9. The fourth-order valence-electron chi connectivity index (χ4n) is 1.79. The summed E-state index contributed by atoms with van der Waals surface area (Å²) in [6.07, 6.45) is 3.31. The van der Waals surface area contributed by atoms with Crippen molar-refractivity contribution in [2.75, 3.05) is 0 Å². The van der Waals surface area contributed by atoms with Gasteiger partial charge < -0.3 is 15.6 Å². The Morgan fingerprint density at radius 3 is 2.84 bits per heavy atom. The van der Waals surface area contributed by atoms with E-state index in [2.05, 4.69) is 15.6 Å². The van der Waals surface area contributed by atoms with E-state index in [9.17, 15) is 4.79 Å². The number of carbonyl (C=O) groups excluding carboxylic acids is 1. The molecule has 1 amide bonds. The molecule has 2 heterocycles. The summed E-state index contributed by atoms with van der Waals surface area (Å²) in [7, 11) is 1.78. The average Bonchev–Trinajstić information content (AvgIpc) is 2.93. The van der Waals surface area contributed by atoms with Gasteiger partial charge in [-0.1, -0.05) is 5.16 Å². The van der Waals surface area contributed by atoms with Crippen molar-refractivity contribution in [3.8, 4) is 0 Å². The molecule has 1 unspecified atom stereocenters. The molecule has 0 fully saturated rings. The predicted molar refractivity (Wildman–Crippen MR) is 68.0 cm³/mol. The first kappa shape index (κ1) is 13.3. The van der Waals surface area contributed by atoms with E-state index in [1.807, 2.05) is 13.8 Å². The van der Waals surface area contributed by atoms with Crippen molar-refractivity contribution < 1.29 is 9.32 Å². The van der Waals surface area contributed by atoms with Gasteiger partial charge in [0.05, 0.1) is 11.9 Å². The van der Waals surface area contributed by atoms with Gasteiger partial charge in [-0.3, -0.25) is 9.48 Å². The Morgan fingerprint density at radius 2 is 2.32 bits per heavy atom. The lowest BCUT2D eigenvalue weighted by Crippen LogP contribution is -2.33. The second-order valence-corrected chi connectivity index (χ2v) is 4.45. The van der Waals surface area contributed by atoms with Crippen molar-refractivity contribution in [3.05, 3.63) is 35.0 Å². The molecule has 2 aromatic heterocycles. The Kier molecular flexibility index (Phi) is 3.66. The van der Waals surface area contributed by atoms with E-state index in [1.54, 1.807) is 24.1 Å². The number of nitrogens with two attached hydrogens (primary N) is 1. The SMILES string of the molecule is Cc1noc(C)c1CNC(=O)C(N)c1cnn(C)c1. The van der Waals surface area contributed by atoms with Gasteiger partial charge in [-0.05, 0) is 13.8 Å². The number of nitrogens with one attached hydrogen (secondary N) is 1. The minimum absolute atomic E-state index is 0.256. The fourth-order valence-corrected chi connectivity index (χ4v) is 1.79. The Hall–Kier alpha value is -2.15. The number of nitrogens with zero attached hydrogens (tertiary/aromatic N) is 3. The van der Waals surface area contributed by atoms with Gasteiger partial charge in [-0.2, -0.15) is 5.10 Å². The van der Waals surface area contributed by atoms with E-state index in [0.717, 1.165) is 11.3 Å². The van der Waals surface area contributed by atoms with Gasteiger partial charge >= 0.3 is 0 Å². The van der Waals surface area contributed by atoms with Crippen LogP contribution < -0.4 is 11.1 Å². The lowest BCUT2D eigenvalue weighted by Gasteiger charge is -2.10.